The smallest absolute Gasteiger partial charge is 0.236 e. The molecule has 4 aromatic rings. The van der Waals surface area contributed by atoms with Crippen molar-refractivity contribution in [1.82, 2.24) is 19.7 Å². The minimum Gasteiger partial charge on any atom is -0.305 e. The highest BCUT2D eigenvalue weighted by Crippen LogP contribution is 2.33. The normalized spacial score (nSPS) is 11.0. The van der Waals surface area contributed by atoms with Gasteiger partial charge in [-0.25, -0.2) is 4.98 Å². The molecule has 0 saturated carbocycles. The van der Waals surface area contributed by atoms with E-state index in [0.29, 0.717) is 41.9 Å². The average molecular weight is 545 g/mol. The van der Waals surface area contributed by atoms with E-state index in [-0.39, 0.29) is 11.7 Å². The molecule has 12 heteroatoms. The van der Waals surface area contributed by atoms with Gasteiger partial charge in [0.2, 0.25) is 5.91 Å². The van der Waals surface area contributed by atoms with Crippen LogP contribution in [-0.4, -0.2) is 31.4 Å². The second kappa shape index (κ2) is 9.99. The van der Waals surface area contributed by atoms with Crippen molar-refractivity contribution in [3.05, 3.63) is 61.9 Å². The Bertz CT molecular complexity index is 1310. The predicted octanol–water partition coefficient (Wildman–Crippen LogP) is 6.95. The van der Waals surface area contributed by atoms with Crippen molar-refractivity contribution in [3.8, 4) is 22.6 Å². The van der Waals surface area contributed by atoms with Gasteiger partial charge in [-0.1, -0.05) is 58.2 Å². The minimum absolute atomic E-state index is 0.143. The fourth-order valence-corrected chi connectivity index (χ4v) is 5.01. The van der Waals surface area contributed by atoms with Gasteiger partial charge < -0.3 is 9.88 Å². The number of halogens is 4. The Balaban J connectivity index is 1.39. The quantitative estimate of drug-likeness (QED) is 0.266. The zero-order chi connectivity index (χ0) is 22.8. The first-order valence-electron chi connectivity index (χ1n) is 9.00. The van der Waals surface area contributed by atoms with Crippen molar-refractivity contribution in [3.63, 3.8) is 0 Å². The molecule has 2 aromatic heterocycles. The van der Waals surface area contributed by atoms with Gasteiger partial charge in [0.1, 0.15) is 0 Å². The highest BCUT2D eigenvalue weighted by molar-refractivity contribution is 7.99. The van der Waals surface area contributed by atoms with Gasteiger partial charge in [-0.3, -0.25) is 4.79 Å². The summed E-state index contributed by atoms with van der Waals surface area (Å²) in [5.74, 6) is 0.553. The third-order valence-corrected chi connectivity index (χ3v) is 7.37. The van der Waals surface area contributed by atoms with Crippen LogP contribution in [-0.2, 0) is 11.8 Å². The number of rotatable bonds is 6. The maximum Gasteiger partial charge on any atom is 0.236 e. The number of carbonyl (C=O) groups excluding carboxylic acids is 1. The van der Waals surface area contributed by atoms with Crippen LogP contribution in [0.2, 0.25) is 20.1 Å². The summed E-state index contributed by atoms with van der Waals surface area (Å²) in [5.41, 5.74) is 2.19. The van der Waals surface area contributed by atoms with E-state index in [0.717, 1.165) is 11.1 Å². The maximum absolute atomic E-state index is 12.4. The van der Waals surface area contributed by atoms with E-state index < -0.39 is 0 Å². The zero-order valence-corrected chi connectivity index (χ0v) is 20.9. The molecular formula is C20H13Cl4N5OS2. The van der Waals surface area contributed by atoms with Crippen LogP contribution in [0.5, 0.6) is 0 Å². The van der Waals surface area contributed by atoms with Gasteiger partial charge in [0, 0.05) is 28.6 Å². The molecule has 0 bridgehead atoms. The summed E-state index contributed by atoms with van der Waals surface area (Å²) >= 11 is 26.8. The Kier molecular flexibility index (Phi) is 7.29. The van der Waals surface area contributed by atoms with Crippen LogP contribution in [0.25, 0.3) is 22.6 Å². The number of anilines is 1. The van der Waals surface area contributed by atoms with Crippen LogP contribution < -0.4 is 5.32 Å². The number of aromatic nitrogens is 4. The maximum atomic E-state index is 12.4. The monoisotopic (exact) mass is 543 g/mol. The van der Waals surface area contributed by atoms with Crippen LogP contribution in [0.1, 0.15) is 0 Å². The first-order valence-corrected chi connectivity index (χ1v) is 12.4. The molecule has 0 atom stereocenters. The van der Waals surface area contributed by atoms with Gasteiger partial charge in [0.25, 0.3) is 0 Å². The first-order chi connectivity index (χ1) is 15.3. The lowest BCUT2D eigenvalue weighted by atomic mass is 10.2. The Hall–Kier alpha value is -1.81. The van der Waals surface area contributed by atoms with Crippen molar-refractivity contribution >= 4 is 80.5 Å². The van der Waals surface area contributed by atoms with E-state index in [1.165, 1.54) is 23.1 Å². The fourth-order valence-electron chi connectivity index (χ4n) is 2.76. The van der Waals surface area contributed by atoms with E-state index >= 15 is 0 Å². The highest BCUT2D eigenvalue weighted by atomic mass is 35.5. The average Bonchev–Trinajstić information content (AvgIpc) is 3.35. The summed E-state index contributed by atoms with van der Waals surface area (Å²) in [6.07, 6.45) is 0. The topological polar surface area (TPSA) is 72.7 Å². The molecule has 0 fully saturated rings. The number of carbonyl (C=O) groups is 1. The van der Waals surface area contributed by atoms with E-state index in [2.05, 4.69) is 20.5 Å². The number of hydrogen-bond acceptors (Lipinski definition) is 6. The van der Waals surface area contributed by atoms with Crippen LogP contribution in [0, 0.1) is 0 Å². The molecule has 0 aliphatic heterocycles. The Labute approximate surface area is 211 Å². The van der Waals surface area contributed by atoms with E-state index in [1.807, 2.05) is 18.5 Å². The summed E-state index contributed by atoms with van der Waals surface area (Å²) in [7, 11) is 1.82. The summed E-state index contributed by atoms with van der Waals surface area (Å²) in [6, 6.07) is 10.4. The lowest BCUT2D eigenvalue weighted by Gasteiger charge is -2.05. The number of nitrogens with one attached hydrogen (secondary N) is 1. The SMILES string of the molecule is Cn1c(SCC(=O)Nc2nc(-c3ccc(Cl)cc3Cl)cs2)nnc1-c1ccc(Cl)c(Cl)c1. The third kappa shape index (κ3) is 5.22. The van der Waals surface area contributed by atoms with Gasteiger partial charge in [-0.05, 0) is 36.4 Å². The molecule has 0 radical (unpaired) electrons. The number of benzene rings is 2. The number of thioether (sulfide) groups is 1. The molecule has 4 rings (SSSR count). The second-order valence-electron chi connectivity index (χ2n) is 6.49. The molecule has 0 aliphatic carbocycles. The van der Waals surface area contributed by atoms with E-state index in [4.69, 9.17) is 46.4 Å². The summed E-state index contributed by atoms with van der Waals surface area (Å²) < 4.78 is 1.79. The zero-order valence-electron chi connectivity index (χ0n) is 16.3. The third-order valence-electron chi connectivity index (χ3n) is 4.30. The molecule has 0 unspecified atom stereocenters. The van der Waals surface area contributed by atoms with Crippen molar-refractivity contribution in [2.24, 2.45) is 7.05 Å². The number of hydrogen-bond donors (Lipinski definition) is 1. The van der Waals surface area contributed by atoms with Crippen LogP contribution in [0.3, 0.4) is 0 Å². The molecule has 2 heterocycles. The molecule has 164 valence electrons. The van der Waals surface area contributed by atoms with Crippen molar-refractivity contribution < 1.29 is 4.79 Å². The lowest BCUT2D eigenvalue weighted by Crippen LogP contribution is -2.14. The number of amides is 1. The lowest BCUT2D eigenvalue weighted by molar-refractivity contribution is -0.113. The summed E-state index contributed by atoms with van der Waals surface area (Å²) in [4.78, 5) is 16.9. The molecule has 0 spiro atoms. The number of nitrogens with zero attached hydrogens (tertiary/aromatic N) is 4. The van der Waals surface area contributed by atoms with Gasteiger partial charge in [0.15, 0.2) is 16.1 Å². The van der Waals surface area contributed by atoms with E-state index in [1.54, 1.807) is 34.9 Å². The molecule has 1 N–H and O–H groups in total. The molecule has 6 nitrogen and oxygen atoms in total. The van der Waals surface area contributed by atoms with Gasteiger partial charge in [-0.2, -0.15) is 0 Å². The van der Waals surface area contributed by atoms with Gasteiger partial charge in [0.05, 0.1) is 26.5 Å². The molecule has 0 aliphatic rings. The van der Waals surface area contributed by atoms with Gasteiger partial charge in [-0.15, -0.1) is 21.5 Å². The Morgan fingerprint density at radius 3 is 2.62 bits per heavy atom. The van der Waals surface area contributed by atoms with Crippen molar-refractivity contribution in [2.45, 2.75) is 5.16 Å². The summed E-state index contributed by atoms with van der Waals surface area (Å²) in [6.45, 7) is 0. The van der Waals surface area contributed by atoms with E-state index in [9.17, 15) is 4.79 Å². The molecular weight excluding hydrogens is 532 g/mol. The Morgan fingerprint density at radius 2 is 1.88 bits per heavy atom. The highest BCUT2D eigenvalue weighted by Gasteiger charge is 2.15. The second-order valence-corrected chi connectivity index (χ2v) is 9.95. The molecule has 32 heavy (non-hydrogen) atoms. The van der Waals surface area contributed by atoms with Crippen LogP contribution in [0.15, 0.2) is 46.9 Å². The molecule has 0 saturated heterocycles. The number of thiazole rings is 1. The van der Waals surface area contributed by atoms with Crippen molar-refractivity contribution in [2.75, 3.05) is 11.1 Å². The fraction of sp³-hybridized carbons (Fsp3) is 0.100. The van der Waals surface area contributed by atoms with Crippen LogP contribution >= 0.6 is 69.5 Å². The molecule has 2 aromatic carbocycles. The summed E-state index contributed by atoms with van der Waals surface area (Å²) in [5, 5.41) is 16.0. The van der Waals surface area contributed by atoms with Crippen LogP contribution in [0.4, 0.5) is 5.13 Å². The Morgan fingerprint density at radius 1 is 1.06 bits per heavy atom. The van der Waals surface area contributed by atoms with Crippen molar-refractivity contribution in [1.29, 1.82) is 0 Å². The minimum atomic E-state index is -0.211. The first kappa shape index (κ1) is 23.4. The standard InChI is InChI=1S/C20H13Cl4N5OS2/c1-29-18(10-2-5-13(22)15(24)6-10)27-28-20(29)32-9-17(30)26-19-25-16(8-31-19)12-4-3-11(21)7-14(12)23/h2-8H,9H2,1H3,(H,25,26,30). The van der Waals surface area contributed by atoms with Gasteiger partial charge >= 0.3 is 0 Å². The predicted molar refractivity (Wildman–Crippen MR) is 133 cm³/mol. The largest absolute Gasteiger partial charge is 0.305 e. The molecule has 1 amide bonds.